The number of hydrogen-bond donors (Lipinski definition) is 1. The quantitative estimate of drug-likeness (QED) is 0.805. The Hall–Kier alpha value is -0.600. The van der Waals surface area contributed by atoms with Gasteiger partial charge in [-0.2, -0.15) is 0 Å². The van der Waals surface area contributed by atoms with E-state index in [1.165, 1.54) is 5.56 Å². The maximum absolute atomic E-state index is 5.95. The highest BCUT2D eigenvalue weighted by molar-refractivity contribution is 9.10. The Morgan fingerprint density at radius 2 is 2.23 bits per heavy atom. The van der Waals surface area contributed by atoms with E-state index in [4.69, 9.17) is 5.73 Å². The van der Waals surface area contributed by atoms with Crippen LogP contribution >= 0.6 is 15.9 Å². The van der Waals surface area contributed by atoms with Gasteiger partial charge in [0.2, 0.25) is 0 Å². The summed E-state index contributed by atoms with van der Waals surface area (Å²) >= 11 is 3.45. The predicted molar refractivity (Wildman–Crippen MR) is 60.6 cm³/mol. The molecule has 0 aliphatic rings. The molecule has 0 saturated carbocycles. The van der Waals surface area contributed by atoms with Crippen molar-refractivity contribution in [2.45, 2.75) is 19.4 Å². The zero-order valence-electron chi connectivity index (χ0n) is 7.76. The van der Waals surface area contributed by atoms with E-state index in [-0.39, 0.29) is 6.04 Å². The number of rotatable bonds is 3. The molecule has 0 saturated heterocycles. The Kier molecular flexibility index (Phi) is 3.70. The average Bonchev–Trinajstić information content (AvgIpc) is 2.03. The van der Waals surface area contributed by atoms with Crippen LogP contribution in [0, 0.1) is 6.92 Å². The van der Waals surface area contributed by atoms with Crippen LogP contribution in [0.25, 0.3) is 0 Å². The van der Waals surface area contributed by atoms with Crippen LogP contribution in [0.15, 0.2) is 35.3 Å². The van der Waals surface area contributed by atoms with Crippen molar-refractivity contribution in [1.82, 2.24) is 0 Å². The molecule has 0 fully saturated rings. The summed E-state index contributed by atoms with van der Waals surface area (Å²) < 4.78 is 1.09. The molecule has 0 spiro atoms. The third-order valence-electron chi connectivity index (χ3n) is 1.91. The largest absolute Gasteiger partial charge is 0.324 e. The van der Waals surface area contributed by atoms with Crippen molar-refractivity contribution < 1.29 is 0 Å². The van der Waals surface area contributed by atoms with Crippen LogP contribution in [0.5, 0.6) is 0 Å². The van der Waals surface area contributed by atoms with Crippen LogP contribution in [0.4, 0.5) is 0 Å². The van der Waals surface area contributed by atoms with E-state index < -0.39 is 0 Å². The molecule has 0 radical (unpaired) electrons. The molecule has 0 aliphatic carbocycles. The van der Waals surface area contributed by atoms with Crippen molar-refractivity contribution in [2.24, 2.45) is 5.73 Å². The molecule has 1 atom stereocenters. The SMILES string of the molecule is C=CCC(N)c1cc(C)cc(Br)c1. The highest BCUT2D eigenvalue weighted by Gasteiger charge is 2.04. The van der Waals surface area contributed by atoms with Crippen LogP contribution in [-0.4, -0.2) is 0 Å². The van der Waals surface area contributed by atoms with Gasteiger partial charge in [-0.25, -0.2) is 0 Å². The number of hydrogen-bond acceptors (Lipinski definition) is 1. The molecule has 1 rings (SSSR count). The molecule has 1 aromatic carbocycles. The van der Waals surface area contributed by atoms with Crippen LogP contribution in [-0.2, 0) is 0 Å². The lowest BCUT2D eigenvalue weighted by molar-refractivity contribution is 0.740. The smallest absolute Gasteiger partial charge is 0.0330 e. The maximum atomic E-state index is 5.95. The lowest BCUT2D eigenvalue weighted by Crippen LogP contribution is -2.09. The molecule has 0 aliphatic heterocycles. The lowest BCUT2D eigenvalue weighted by Gasteiger charge is -2.10. The van der Waals surface area contributed by atoms with E-state index in [2.05, 4.69) is 47.6 Å². The maximum Gasteiger partial charge on any atom is 0.0330 e. The van der Waals surface area contributed by atoms with Crippen molar-refractivity contribution in [3.05, 3.63) is 46.5 Å². The highest BCUT2D eigenvalue weighted by Crippen LogP contribution is 2.21. The summed E-state index contributed by atoms with van der Waals surface area (Å²) in [6, 6.07) is 6.30. The molecule has 1 nitrogen and oxygen atoms in total. The number of halogens is 1. The van der Waals surface area contributed by atoms with Gasteiger partial charge in [0.05, 0.1) is 0 Å². The van der Waals surface area contributed by atoms with E-state index in [1.807, 2.05) is 6.08 Å². The van der Waals surface area contributed by atoms with Gasteiger partial charge in [0.1, 0.15) is 0 Å². The van der Waals surface area contributed by atoms with Crippen LogP contribution < -0.4 is 5.73 Å². The summed E-state index contributed by atoms with van der Waals surface area (Å²) in [5.74, 6) is 0. The molecule has 0 bridgehead atoms. The monoisotopic (exact) mass is 239 g/mol. The molecule has 13 heavy (non-hydrogen) atoms. The molecule has 0 heterocycles. The van der Waals surface area contributed by atoms with Crippen LogP contribution in [0.2, 0.25) is 0 Å². The van der Waals surface area contributed by atoms with Crippen molar-refractivity contribution in [1.29, 1.82) is 0 Å². The zero-order chi connectivity index (χ0) is 9.84. The molecule has 2 heteroatoms. The van der Waals surface area contributed by atoms with E-state index in [0.29, 0.717) is 0 Å². The van der Waals surface area contributed by atoms with Gasteiger partial charge >= 0.3 is 0 Å². The number of benzene rings is 1. The number of nitrogens with two attached hydrogens (primary N) is 1. The minimum absolute atomic E-state index is 0.0636. The Morgan fingerprint density at radius 3 is 2.77 bits per heavy atom. The molecule has 1 unspecified atom stereocenters. The second-order valence-corrected chi connectivity index (χ2v) is 4.11. The fraction of sp³-hybridized carbons (Fsp3) is 0.273. The number of aryl methyl sites for hydroxylation is 1. The van der Waals surface area contributed by atoms with Crippen molar-refractivity contribution in [3.8, 4) is 0 Å². The second-order valence-electron chi connectivity index (χ2n) is 3.19. The zero-order valence-corrected chi connectivity index (χ0v) is 9.34. The van der Waals surface area contributed by atoms with Gasteiger partial charge in [0.15, 0.2) is 0 Å². The fourth-order valence-corrected chi connectivity index (χ4v) is 1.92. The van der Waals surface area contributed by atoms with E-state index in [1.54, 1.807) is 0 Å². The van der Waals surface area contributed by atoms with Gasteiger partial charge in [0.25, 0.3) is 0 Å². The van der Waals surface area contributed by atoms with Gasteiger partial charge < -0.3 is 5.73 Å². The molecule has 0 amide bonds. The predicted octanol–water partition coefficient (Wildman–Crippen LogP) is 3.33. The molecular formula is C11H14BrN. The van der Waals surface area contributed by atoms with Gasteiger partial charge in [-0.3, -0.25) is 0 Å². The van der Waals surface area contributed by atoms with Crippen molar-refractivity contribution in [3.63, 3.8) is 0 Å². The Balaban J connectivity index is 2.93. The normalized spacial score (nSPS) is 12.5. The lowest BCUT2D eigenvalue weighted by atomic mass is 10.0. The first kappa shape index (κ1) is 10.5. The highest BCUT2D eigenvalue weighted by atomic mass is 79.9. The summed E-state index contributed by atoms with van der Waals surface area (Å²) in [5.41, 5.74) is 8.34. The first-order chi connectivity index (χ1) is 6.13. The Morgan fingerprint density at radius 1 is 1.54 bits per heavy atom. The van der Waals surface area contributed by atoms with Gasteiger partial charge in [-0.05, 0) is 36.6 Å². The van der Waals surface area contributed by atoms with Gasteiger partial charge in [-0.15, -0.1) is 6.58 Å². The van der Waals surface area contributed by atoms with Gasteiger partial charge in [-0.1, -0.05) is 28.1 Å². The third-order valence-corrected chi connectivity index (χ3v) is 2.37. The van der Waals surface area contributed by atoms with Crippen LogP contribution in [0.1, 0.15) is 23.6 Å². The van der Waals surface area contributed by atoms with Crippen molar-refractivity contribution >= 4 is 15.9 Å². The first-order valence-corrected chi connectivity index (χ1v) is 5.06. The average molecular weight is 240 g/mol. The molecule has 0 aromatic heterocycles. The molecular weight excluding hydrogens is 226 g/mol. The topological polar surface area (TPSA) is 26.0 Å². The fourth-order valence-electron chi connectivity index (χ4n) is 1.29. The van der Waals surface area contributed by atoms with E-state index in [9.17, 15) is 0 Å². The minimum Gasteiger partial charge on any atom is -0.324 e. The molecule has 70 valence electrons. The summed E-state index contributed by atoms with van der Waals surface area (Å²) in [6.45, 7) is 5.74. The Bertz CT molecular complexity index is 287. The molecule has 1 aromatic rings. The second kappa shape index (κ2) is 4.58. The summed E-state index contributed by atoms with van der Waals surface area (Å²) in [6.07, 6.45) is 2.66. The summed E-state index contributed by atoms with van der Waals surface area (Å²) in [4.78, 5) is 0. The standard InChI is InChI=1S/C11H14BrN/c1-3-4-11(13)9-5-8(2)6-10(12)7-9/h3,5-7,11H,1,4,13H2,2H3. The summed E-state index contributed by atoms with van der Waals surface area (Å²) in [5, 5.41) is 0. The Labute approximate surface area is 87.8 Å². The van der Waals surface area contributed by atoms with Gasteiger partial charge in [0, 0.05) is 10.5 Å². The van der Waals surface area contributed by atoms with Crippen LogP contribution in [0.3, 0.4) is 0 Å². The minimum atomic E-state index is 0.0636. The third kappa shape index (κ3) is 2.98. The van der Waals surface area contributed by atoms with E-state index in [0.717, 1.165) is 16.5 Å². The van der Waals surface area contributed by atoms with Crippen molar-refractivity contribution in [2.75, 3.05) is 0 Å². The summed E-state index contributed by atoms with van der Waals surface area (Å²) in [7, 11) is 0. The first-order valence-electron chi connectivity index (χ1n) is 4.27. The van der Waals surface area contributed by atoms with E-state index >= 15 is 0 Å². The molecule has 2 N–H and O–H groups in total.